The smallest absolute Gasteiger partial charge is 0.190 e. The highest BCUT2D eigenvalue weighted by Crippen LogP contribution is 2.20. The van der Waals surface area contributed by atoms with Crippen molar-refractivity contribution in [2.45, 2.75) is 47.0 Å². The molecule has 0 fully saturated rings. The minimum absolute atomic E-state index is 0.192. The van der Waals surface area contributed by atoms with Gasteiger partial charge < -0.3 is 0 Å². The van der Waals surface area contributed by atoms with Gasteiger partial charge in [-0.15, -0.1) is 0 Å². The van der Waals surface area contributed by atoms with E-state index in [0.29, 0.717) is 5.71 Å². The van der Waals surface area contributed by atoms with Crippen molar-refractivity contribution in [1.82, 2.24) is 0 Å². The Hall–Kier alpha value is -0.930. The van der Waals surface area contributed by atoms with E-state index < -0.39 is 5.03 Å². The largest absolute Gasteiger partial charge is 0.233 e. The summed E-state index contributed by atoms with van der Waals surface area (Å²) < 4.78 is 0. The van der Waals surface area contributed by atoms with Gasteiger partial charge in [0.15, 0.2) is 5.03 Å². The molecule has 0 saturated heterocycles. The minimum atomic E-state index is -0.601. The van der Waals surface area contributed by atoms with Crippen molar-refractivity contribution in [2.24, 2.45) is 10.5 Å². The molecule has 13 heavy (non-hydrogen) atoms. The normalized spacial score (nSPS) is 13.1. The lowest BCUT2D eigenvalue weighted by Gasteiger charge is -2.18. The fraction of sp³-hybridized carbons (Fsp3) is 0.889. The van der Waals surface area contributed by atoms with Crippen molar-refractivity contribution in [3.8, 4) is 0 Å². The molecule has 0 radical (unpaired) electrons. The summed E-state index contributed by atoms with van der Waals surface area (Å²) in [4.78, 5) is 10.2. The Kier molecular flexibility index (Phi) is 4.59. The molecule has 4 heteroatoms. The van der Waals surface area contributed by atoms with Crippen LogP contribution in [0.25, 0.3) is 0 Å². The molecule has 0 bridgehead atoms. The van der Waals surface area contributed by atoms with E-state index in [9.17, 15) is 10.1 Å². The molecule has 0 atom stereocenters. The van der Waals surface area contributed by atoms with E-state index in [1.54, 1.807) is 0 Å². The van der Waals surface area contributed by atoms with E-state index >= 15 is 0 Å². The van der Waals surface area contributed by atoms with Crippen LogP contribution in [0, 0.1) is 15.5 Å². The van der Waals surface area contributed by atoms with E-state index in [-0.39, 0.29) is 5.41 Å². The van der Waals surface area contributed by atoms with Crippen LogP contribution in [0.4, 0.5) is 0 Å². The second-order valence-corrected chi connectivity index (χ2v) is 4.14. The molecule has 4 nitrogen and oxygen atoms in total. The Bertz CT molecular complexity index is 204. The quantitative estimate of drug-likeness (QED) is 0.385. The van der Waals surface area contributed by atoms with Gasteiger partial charge in [0.05, 0.1) is 10.8 Å². The molecule has 0 aliphatic rings. The lowest BCUT2D eigenvalue weighted by atomic mass is 9.87. The number of hydrogen-bond acceptors (Lipinski definition) is 2. The zero-order valence-corrected chi connectivity index (χ0v) is 8.83. The summed E-state index contributed by atoms with van der Waals surface area (Å²) >= 11 is 0. The van der Waals surface area contributed by atoms with E-state index in [2.05, 4.69) is 12.0 Å². The monoisotopic (exact) mass is 186 g/mol. The van der Waals surface area contributed by atoms with Gasteiger partial charge >= 0.3 is 0 Å². The van der Waals surface area contributed by atoms with Crippen LogP contribution in [0.3, 0.4) is 0 Å². The lowest BCUT2D eigenvalue weighted by molar-refractivity contribution is -0.485. The van der Waals surface area contributed by atoms with Gasteiger partial charge in [0.1, 0.15) is 0 Å². The minimum Gasteiger partial charge on any atom is -0.233 e. The number of nitrogens with zero attached hydrogens (tertiary/aromatic N) is 2. The first-order valence-electron chi connectivity index (χ1n) is 4.60. The maximum atomic E-state index is 10.2. The molecular formula is C9H18N2O2. The average Bonchev–Trinajstić information content (AvgIpc) is 1.95. The Balaban J connectivity index is 4.47. The number of rotatable bonds is 4. The van der Waals surface area contributed by atoms with Gasteiger partial charge in [0, 0.05) is 5.41 Å². The summed E-state index contributed by atoms with van der Waals surface area (Å²) in [5.74, 6) is 0. The van der Waals surface area contributed by atoms with E-state index in [4.69, 9.17) is 0 Å². The second-order valence-electron chi connectivity index (χ2n) is 4.14. The topological polar surface area (TPSA) is 55.5 Å². The van der Waals surface area contributed by atoms with Crippen molar-refractivity contribution in [3.63, 3.8) is 0 Å². The molecule has 0 spiro atoms. The summed E-state index contributed by atoms with van der Waals surface area (Å²) in [6, 6.07) is 0. The van der Waals surface area contributed by atoms with Crippen molar-refractivity contribution in [3.05, 3.63) is 10.1 Å². The lowest BCUT2D eigenvalue weighted by Crippen LogP contribution is -2.21. The number of hydrazone groups is 1. The molecule has 76 valence electrons. The molecule has 0 aliphatic carbocycles. The maximum absolute atomic E-state index is 10.2. The maximum Gasteiger partial charge on any atom is 0.190 e. The second kappa shape index (κ2) is 4.94. The van der Waals surface area contributed by atoms with Crippen LogP contribution in [0.2, 0.25) is 0 Å². The third-order valence-corrected chi connectivity index (χ3v) is 1.84. The standard InChI is InChI=1S/C9H18N2O2/c1-5-6-7-8(9(2,3)4)10-11(12)13/h5-7H2,1-4H3/b10-8-. The predicted molar refractivity (Wildman–Crippen MR) is 53.4 cm³/mol. The fourth-order valence-corrected chi connectivity index (χ4v) is 1.02. The molecule has 0 amide bonds. The van der Waals surface area contributed by atoms with E-state index in [1.807, 2.05) is 20.8 Å². The highest BCUT2D eigenvalue weighted by atomic mass is 16.7. The third kappa shape index (κ3) is 5.33. The van der Waals surface area contributed by atoms with Crippen LogP contribution in [0.1, 0.15) is 47.0 Å². The van der Waals surface area contributed by atoms with Crippen LogP contribution in [-0.2, 0) is 0 Å². The van der Waals surface area contributed by atoms with Crippen molar-refractivity contribution >= 4 is 5.71 Å². The molecule has 0 aromatic carbocycles. The van der Waals surface area contributed by atoms with Crippen LogP contribution in [-0.4, -0.2) is 10.7 Å². The third-order valence-electron chi connectivity index (χ3n) is 1.84. The van der Waals surface area contributed by atoms with Gasteiger partial charge in [0.2, 0.25) is 0 Å². The molecule has 0 rings (SSSR count). The van der Waals surface area contributed by atoms with Crippen molar-refractivity contribution in [1.29, 1.82) is 0 Å². The van der Waals surface area contributed by atoms with Crippen LogP contribution in [0.15, 0.2) is 5.10 Å². The Morgan fingerprint density at radius 1 is 1.46 bits per heavy atom. The molecule has 0 aliphatic heterocycles. The van der Waals surface area contributed by atoms with Crippen LogP contribution in [0.5, 0.6) is 0 Å². The number of unbranched alkanes of at least 4 members (excludes halogenated alkanes) is 1. The first kappa shape index (κ1) is 12.1. The summed E-state index contributed by atoms with van der Waals surface area (Å²) in [6.45, 7) is 7.91. The van der Waals surface area contributed by atoms with Gasteiger partial charge in [-0.05, 0) is 12.8 Å². The SMILES string of the molecule is CCCC/C(=N/[N+](=O)[O-])C(C)(C)C. The summed E-state index contributed by atoms with van der Waals surface area (Å²) in [7, 11) is 0. The zero-order chi connectivity index (χ0) is 10.5. The Labute approximate surface area is 79.2 Å². The molecule has 0 aromatic heterocycles. The van der Waals surface area contributed by atoms with Crippen molar-refractivity contribution < 1.29 is 5.03 Å². The predicted octanol–water partition coefficient (Wildman–Crippen LogP) is 2.86. The molecule has 0 heterocycles. The first-order valence-corrected chi connectivity index (χ1v) is 4.60. The van der Waals surface area contributed by atoms with Gasteiger partial charge in [0.25, 0.3) is 0 Å². The molecule has 0 saturated carbocycles. The Morgan fingerprint density at radius 2 is 2.00 bits per heavy atom. The first-order chi connectivity index (χ1) is 5.88. The Morgan fingerprint density at radius 3 is 2.31 bits per heavy atom. The molecule has 0 unspecified atom stereocenters. The number of hydrogen-bond donors (Lipinski definition) is 0. The van der Waals surface area contributed by atoms with Gasteiger partial charge in [-0.1, -0.05) is 34.1 Å². The molecular weight excluding hydrogens is 168 g/mol. The summed E-state index contributed by atoms with van der Waals surface area (Å²) in [5, 5.41) is 13.1. The van der Waals surface area contributed by atoms with Gasteiger partial charge in [-0.2, -0.15) is 0 Å². The number of nitro groups is 1. The van der Waals surface area contributed by atoms with Gasteiger partial charge in [-0.3, -0.25) is 0 Å². The highest BCUT2D eigenvalue weighted by Gasteiger charge is 2.21. The van der Waals surface area contributed by atoms with Crippen molar-refractivity contribution in [2.75, 3.05) is 0 Å². The van der Waals surface area contributed by atoms with Gasteiger partial charge in [-0.25, -0.2) is 10.1 Å². The fourth-order valence-electron chi connectivity index (χ4n) is 1.02. The zero-order valence-electron chi connectivity index (χ0n) is 8.83. The molecule has 0 aromatic rings. The van der Waals surface area contributed by atoms with E-state index in [1.165, 1.54) is 0 Å². The van der Waals surface area contributed by atoms with E-state index in [0.717, 1.165) is 19.3 Å². The summed E-state index contributed by atoms with van der Waals surface area (Å²) in [5.41, 5.74) is 0.488. The summed E-state index contributed by atoms with van der Waals surface area (Å²) in [6.07, 6.45) is 2.72. The van der Waals surface area contributed by atoms with Crippen LogP contribution >= 0.6 is 0 Å². The molecule has 0 N–H and O–H groups in total. The highest BCUT2D eigenvalue weighted by molar-refractivity contribution is 5.88. The van der Waals surface area contributed by atoms with Crippen LogP contribution < -0.4 is 0 Å². The average molecular weight is 186 g/mol.